The van der Waals surface area contributed by atoms with E-state index in [2.05, 4.69) is 10.3 Å². The number of likely N-dealkylation sites (N-methyl/N-ethyl adjacent to an activating group) is 1. The number of halogens is 3. The van der Waals surface area contributed by atoms with E-state index in [0.717, 1.165) is 16.6 Å². The van der Waals surface area contributed by atoms with Gasteiger partial charge in [-0.1, -0.05) is 41.4 Å². The van der Waals surface area contributed by atoms with Gasteiger partial charge in [-0.2, -0.15) is 0 Å². The second kappa shape index (κ2) is 15.6. The summed E-state index contributed by atoms with van der Waals surface area (Å²) in [6.45, 7) is 1.64. The molecule has 0 bridgehead atoms. The summed E-state index contributed by atoms with van der Waals surface area (Å²) in [5.74, 6) is 0.257. The number of hydrogen-bond donors (Lipinski definition) is 1. The van der Waals surface area contributed by atoms with E-state index in [1.54, 1.807) is 76.8 Å². The van der Waals surface area contributed by atoms with Gasteiger partial charge in [-0.25, -0.2) is 4.98 Å². The number of nitrogens with one attached hydrogen (secondary N) is 1. The molecule has 45 heavy (non-hydrogen) atoms. The standard InChI is InChI=1S/C33H32Cl2N4O5.ClH/c1-20-17-28(43-5)23-7-6-8-27(32(23)37-20)44-19-24-25(34)14-15-26(31(24)35)39(4)30(41)18-36-29(40)16-11-21-9-12-22(13-10-21)33(42)38(2)3;/h6-17H,18-19H2,1-5H3,(H,36,40);1H/b16-11+;. The van der Waals surface area contributed by atoms with Crippen molar-refractivity contribution in [2.75, 3.05) is 39.7 Å². The molecule has 236 valence electrons. The van der Waals surface area contributed by atoms with Crippen LogP contribution in [0.5, 0.6) is 11.5 Å². The fraction of sp³-hybridized carbons (Fsp3) is 0.212. The van der Waals surface area contributed by atoms with Crippen LogP contribution in [0.4, 0.5) is 5.69 Å². The van der Waals surface area contributed by atoms with Crippen LogP contribution in [0.2, 0.25) is 10.0 Å². The normalized spacial score (nSPS) is 10.7. The highest BCUT2D eigenvalue weighted by atomic mass is 35.5. The summed E-state index contributed by atoms with van der Waals surface area (Å²) in [6, 6.07) is 17.5. The molecule has 1 heterocycles. The van der Waals surface area contributed by atoms with Crippen molar-refractivity contribution in [3.05, 3.63) is 99.2 Å². The summed E-state index contributed by atoms with van der Waals surface area (Å²) in [7, 11) is 6.52. The zero-order valence-corrected chi connectivity index (χ0v) is 27.7. The molecule has 0 unspecified atom stereocenters. The van der Waals surface area contributed by atoms with Crippen LogP contribution in [-0.2, 0) is 16.2 Å². The van der Waals surface area contributed by atoms with E-state index in [9.17, 15) is 14.4 Å². The fourth-order valence-corrected chi connectivity index (χ4v) is 4.97. The van der Waals surface area contributed by atoms with Crippen LogP contribution < -0.4 is 19.7 Å². The van der Waals surface area contributed by atoms with E-state index in [0.29, 0.717) is 38.9 Å². The number of para-hydroxylation sites is 1. The number of aryl methyl sites for hydroxylation is 1. The molecule has 0 aliphatic carbocycles. The molecule has 0 saturated heterocycles. The fourth-order valence-electron chi connectivity index (χ4n) is 4.37. The van der Waals surface area contributed by atoms with Crippen molar-refractivity contribution >= 4 is 76.0 Å². The van der Waals surface area contributed by atoms with Gasteiger partial charge in [-0.15, -0.1) is 12.4 Å². The lowest BCUT2D eigenvalue weighted by Gasteiger charge is -2.21. The second-order valence-electron chi connectivity index (χ2n) is 10.1. The SMILES string of the molecule is COc1cc(C)nc2c(OCc3c(Cl)ccc(N(C)C(=O)CNC(=O)/C=C/c4ccc(C(=O)N(C)C)cc4)c3Cl)cccc12.Cl. The summed E-state index contributed by atoms with van der Waals surface area (Å²) in [5.41, 5.74) is 3.59. The van der Waals surface area contributed by atoms with Crippen LogP contribution in [0, 0.1) is 6.92 Å². The minimum absolute atomic E-state index is 0. The molecule has 1 N–H and O–H groups in total. The number of nitrogens with zero attached hydrogens (tertiary/aromatic N) is 3. The maximum Gasteiger partial charge on any atom is 0.253 e. The predicted octanol–water partition coefficient (Wildman–Crippen LogP) is 6.35. The average molecular weight is 672 g/mol. The Kier molecular flexibility index (Phi) is 12.2. The van der Waals surface area contributed by atoms with Crippen molar-refractivity contribution in [3.8, 4) is 11.5 Å². The molecule has 0 spiro atoms. The quantitative estimate of drug-likeness (QED) is 0.197. The Bertz CT molecular complexity index is 1740. The molecule has 9 nitrogen and oxygen atoms in total. The number of benzene rings is 3. The number of methoxy groups -OCH3 is 1. The Morgan fingerprint density at radius 2 is 1.69 bits per heavy atom. The van der Waals surface area contributed by atoms with Crippen molar-refractivity contribution < 1.29 is 23.9 Å². The Morgan fingerprint density at radius 1 is 0.978 bits per heavy atom. The molecular weight excluding hydrogens is 639 g/mol. The Balaban J connectivity index is 0.00000552. The van der Waals surface area contributed by atoms with E-state index in [1.807, 2.05) is 25.1 Å². The maximum absolute atomic E-state index is 13.0. The summed E-state index contributed by atoms with van der Waals surface area (Å²) in [6.07, 6.45) is 2.92. The van der Waals surface area contributed by atoms with Gasteiger partial charge in [-0.05, 0) is 55.0 Å². The zero-order chi connectivity index (χ0) is 32.0. The third-order valence-electron chi connectivity index (χ3n) is 6.79. The van der Waals surface area contributed by atoms with Crippen LogP contribution in [0.3, 0.4) is 0 Å². The highest BCUT2D eigenvalue weighted by Crippen LogP contribution is 2.36. The minimum atomic E-state index is -0.452. The van der Waals surface area contributed by atoms with Gasteiger partial charge >= 0.3 is 0 Å². The Labute approximate surface area is 278 Å². The van der Waals surface area contributed by atoms with Gasteiger partial charge in [0.1, 0.15) is 23.6 Å². The molecule has 0 aliphatic rings. The number of fused-ring (bicyclic) bond motifs is 1. The first kappa shape index (κ1) is 35.2. The number of hydrogen-bond acceptors (Lipinski definition) is 6. The summed E-state index contributed by atoms with van der Waals surface area (Å²) in [4.78, 5) is 44.8. The largest absolute Gasteiger partial charge is 0.496 e. The summed E-state index contributed by atoms with van der Waals surface area (Å²) in [5, 5.41) is 4.01. The second-order valence-corrected chi connectivity index (χ2v) is 10.9. The monoisotopic (exact) mass is 670 g/mol. The number of amides is 3. The molecule has 0 fully saturated rings. The van der Waals surface area contributed by atoms with Crippen molar-refractivity contribution in [3.63, 3.8) is 0 Å². The van der Waals surface area contributed by atoms with Crippen LogP contribution in [-0.4, -0.2) is 62.4 Å². The predicted molar refractivity (Wildman–Crippen MR) is 181 cm³/mol. The van der Waals surface area contributed by atoms with Crippen molar-refractivity contribution in [2.24, 2.45) is 0 Å². The van der Waals surface area contributed by atoms with Crippen molar-refractivity contribution in [1.82, 2.24) is 15.2 Å². The third-order valence-corrected chi connectivity index (χ3v) is 7.57. The molecule has 0 radical (unpaired) electrons. The molecule has 0 saturated carbocycles. The van der Waals surface area contributed by atoms with Crippen molar-refractivity contribution in [1.29, 1.82) is 0 Å². The lowest BCUT2D eigenvalue weighted by molar-refractivity contribution is -0.122. The first-order valence-corrected chi connectivity index (χ1v) is 14.3. The molecule has 3 aromatic carbocycles. The van der Waals surface area contributed by atoms with Gasteiger partial charge in [0.25, 0.3) is 5.91 Å². The highest BCUT2D eigenvalue weighted by Gasteiger charge is 2.20. The van der Waals surface area contributed by atoms with Crippen LogP contribution in [0.25, 0.3) is 17.0 Å². The van der Waals surface area contributed by atoms with Crippen LogP contribution in [0.15, 0.2) is 66.7 Å². The van der Waals surface area contributed by atoms with E-state index in [-0.39, 0.29) is 36.5 Å². The minimum Gasteiger partial charge on any atom is -0.496 e. The average Bonchev–Trinajstić information content (AvgIpc) is 3.01. The van der Waals surface area contributed by atoms with Gasteiger partial charge in [0.15, 0.2) is 0 Å². The number of rotatable bonds is 10. The molecular formula is C33H33Cl3N4O5. The van der Waals surface area contributed by atoms with Gasteiger partial charge < -0.3 is 24.6 Å². The van der Waals surface area contributed by atoms with E-state index in [1.165, 1.54) is 15.9 Å². The highest BCUT2D eigenvalue weighted by molar-refractivity contribution is 6.38. The molecule has 4 rings (SSSR count). The first-order chi connectivity index (χ1) is 21.0. The van der Waals surface area contributed by atoms with Crippen LogP contribution >= 0.6 is 35.6 Å². The van der Waals surface area contributed by atoms with E-state index < -0.39 is 11.8 Å². The molecule has 3 amide bonds. The zero-order valence-electron chi connectivity index (χ0n) is 25.4. The smallest absolute Gasteiger partial charge is 0.253 e. The number of carbonyl (C=O) groups excluding carboxylic acids is 3. The Hall–Kier alpha value is -4.31. The maximum atomic E-state index is 13.0. The third kappa shape index (κ3) is 8.45. The van der Waals surface area contributed by atoms with Crippen molar-refractivity contribution in [2.45, 2.75) is 13.5 Å². The molecule has 0 aliphatic heterocycles. The molecule has 12 heteroatoms. The lowest BCUT2D eigenvalue weighted by Crippen LogP contribution is -2.37. The van der Waals surface area contributed by atoms with Gasteiger partial charge in [0, 0.05) is 60.5 Å². The first-order valence-electron chi connectivity index (χ1n) is 13.6. The van der Waals surface area contributed by atoms with E-state index >= 15 is 0 Å². The lowest BCUT2D eigenvalue weighted by atomic mass is 10.1. The molecule has 4 aromatic rings. The number of ether oxygens (including phenoxy) is 2. The Morgan fingerprint density at radius 3 is 2.36 bits per heavy atom. The number of anilines is 1. The molecule has 1 aromatic heterocycles. The van der Waals surface area contributed by atoms with E-state index in [4.69, 9.17) is 32.7 Å². The number of pyridine rings is 1. The van der Waals surface area contributed by atoms with Gasteiger partial charge in [0.2, 0.25) is 11.8 Å². The number of aromatic nitrogens is 1. The summed E-state index contributed by atoms with van der Waals surface area (Å²) < 4.78 is 11.6. The van der Waals surface area contributed by atoms with Gasteiger partial charge in [-0.3, -0.25) is 14.4 Å². The molecule has 0 atom stereocenters. The van der Waals surface area contributed by atoms with Crippen LogP contribution in [0.1, 0.15) is 27.2 Å². The number of carbonyl (C=O) groups is 3. The topological polar surface area (TPSA) is 101 Å². The van der Waals surface area contributed by atoms with Gasteiger partial charge in [0.05, 0.1) is 24.4 Å². The summed E-state index contributed by atoms with van der Waals surface area (Å²) >= 11 is 13.2.